The van der Waals surface area contributed by atoms with Crippen LogP contribution in [0.25, 0.3) is 22.3 Å². The van der Waals surface area contributed by atoms with Crippen LogP contribution in [0.5, 0.6) is 0 Å². The van der Waals surface area contributed by atoms with Gasteiger partial charge in [0.1, 0.15) is 6.61 Å². The molecule has 5 nitrogen and oxygen atoms in total. The van der Waals surface area contributed by atoms with Gasteiger partial charge in [-0.2, -0.15) is 0 Å². The zero-order chi connectivity index (χ0) is 32.3. The number of nitrogens with zero attached hydrogens (tertiary/aromatic N) is 2. The van der Waals surface area contributed by atoms with Crippen LogP contribution in [0, 0.1) is 11.8 Å². The fraction of sp³-hybridized carbons (Fsp3) is 0.419. The van der Waals surface area contributed by atoms with Crippen molar-refractivity contribution < 1.29 is 14.3 Å². The standard InChI is InChI=1S/C43H48N2O3/c46-43(48-29-42-39-18-7-3-14-35(39)36-15-4-8-19-40(36)42)45-26-22-32(23-27-45)11-9-10-31-20-24-44(25-21-31)30-47-28-41-37-16-5-1-12-33(37)34-13-2-6-17-38(34)41/h1-8,12-19,31-32,41-42H,9-11,20-30H2. The van der Waals surface area contributed by atoms with E-state index in [0.29, 0.717) is 12.5 Å². The lowest BCUT2D eigenvalue weighted by atomic mass is 9.87. The molecule has 0 spiro atoms. The number of rotatable bonds is 10. The molecule has 8 rings (SSSR count). The van der Waals surface area contributed by atoms with Crippen LogP contribution in [0.4, 0.5) is 4.79 Å². The van der Waals surface area contributed by atoms with Gasteiger partial charge in [0.25, 0.3) is 0 Å². The van der Waals surface area contributed by atoms with E-state index in [9.17, 15) is 4.79 Å². The quantitative estimate of drug-likeness (QED) is 0.173. The summed E-state index contributed by atoms with van der Waals surface area (Å²) in [5, 5.41) is 0. The fourth-order valence-electron chi connectivity index (χ4n) is 8.93. The number of piperidine rings is 2. The molecule has 48 heavy (non-hydrogen) atoms. The lowest BCUT2D eigenvalue weighted by Crippen LogP contribution is -2.39. The van der Waals surface area contributed by atoms with Crippen molar-refractivity contribution in [2.24, 2.45) is 11.8 Å². The van der Waals surface area contributed by atoms with Crippen LogP contribution in [0.2, 0.25) is 0 Å². The summed E-state index contributed by atoms with van der Waals surface area (Å²) < 4.78 is 12.3. The highest BCUT2D eigenvalue weighted by atomic mass is 16.6. The van der Waals surface area contributed by atoms with Gasteiger partial charge in [-0.25, -0.2) is 4.79 Å². The molecule has 5 heteroatoms. The Balaban J connectivity index is 0.716. The molecule has 2 aliphatic carbocycles. The second kappa shape index (κ2) is 14.3. The molecule has 0 bridgehead atoms. The highest BCUT2D eigenvalue weighted by Crippen LogP contribution is 2.45. The van der Waals surface area contributed by atoms with E-state index in [-0.39, 0.29) is 12.0 Å². The smallest absolute Gasteiger partial charge is 0.409 e. The second-order valence-electron chi connectivity index (χ2n) is 14.5. The molecule has 0 atom stereocenters. The molecule has 0 saturated carbocycles. The lowest BCUT2D eigenvalue weighted by Gasteiger charge is -2.33. The van der Waals surface area contributed by atoms with Crippen LogP contribution < -0.4 is 0 Å². The monoisotopic (exact) mass is 640 g/mol. The normalized spacial score (nSPS) is 18.4. The third-order valence-corrected chi connectivity index (χ3v) is 11.7. The molecule has 4 aromatic rings. The van der Waals surface area contributed by atoms with Gasteiger partial charge in [-0.1, -0.05) is 116 Å². The van der Waals surface area contributed by atoms with Gasteiger partial charge in [0.2, 0.25) is 0 Å². The van der Waals surface area contributed by atoms with Crippen LogP contribution >= 0.6 is 0 Å². The summed E-state index contributed by atoms with van der Waals surface area (Å²) in [4.78, 5) is 17.5. The fourth-order valence-corrected chi connectivity index (χ4v) is 8.93. The van der Waals surface area contributed by atoms with Crippen LogP contribution in [0.1, 0.15) is 79.0 Å². The molecule has 0 aromatic heterocycles. The Hall–Kier alpha value is -3.93. The average molecular weight is 641 g/mol. The SMILES string of the molecule is O=C(OCC1c2ccccc2-c2ccccc21)N1CCC(CCCC2CCN(COCC3c4ccccc4-c4ccccc43)CC2)CC1. The van der Waals surface area contributed by atoms with Crippen molar-refractivity contribution in [1.29, 1.82) is 0 Å². The first-order valence-corrected chi connectivity index (χ1v) is 18.3. The van der Waals surface area contributed by atoms with Gasteiger partial charge in [-0.3, -0.25) is 4.90 Å². The first-order valence-electron chi connectivity index (χ1n) is 18.3. The Labute approximate surface area is 285 Å². The van der Waals surface area contributed by atoms with E-state index in [1.165, 1.54) is 76.6 Å². The number of hydrogen-bond acceptors (Lipinski definition) is 4. The number of amides is 1. The summed E-state index contributed by atoms with van der Waals surface area (Å²) in [5.74, 6) is 2.00. The van der Waals surface area contributed by atoms with E-state index in [4.69, 9.17) is 9.47 Å². The minimum atomic E-state index is -0.149. The molecule has 248 valence electrons. The zero-order valence-corrected chi connectivity index (χ0v) is 28.1. The number of benzene rings is 4. The highest BCUT2D eigenvalue weighted by molar-refractivity contribution is 5.80. The molecule has 2 fully saturated rings. The summed E-state index contributed by atoms with van der Waals surface area (Å²) in [6.07, 6.45) is 8.51. The maximum atomic E-state index is 13.1. The molecular formula is C43H48N2O3. The predicted molar refractivity (Wildman–Crippen MR) is 192 cm³/mol. The van der Waals surface area contributed by atoms with E-state index in [1.807, 2.05) is 4.90 Å². The van der Waals surface area contributed by atoms with Gasteiger partial charge in [0.15, 0.2) is 0 Å². The van der Waals surface area contributed by atoms with Gasteiger partial charge >= 0.3 is 6.09 Å². The second-order valence-corrected chi connectivity index (χ2v) is 14.5. The topological polar surface area (TPSA) is 42.0 Å². The molecule has 1 amide bonds. The zero-order valence-electron chi connectivity index (χ0n) is 28.1. The molecule has 0 radical (unpaired) electrons. The van der Waals surface area contributed by atoms with Crippen LogP contribution in [0.3, 0.4) is 0 Å². The summed E-state index contributed by atoms with van der Waals surface area (Å²) in [6, 6.07) is 34.7. The summed E-state index contributed by atoms with van der Waals surface area (Å²) in [7, 11) is 0. The van der Waals surface area contributed by atoms with E-state index < -0.39 is 0 Å². The maximum Gasteiger partial charge on any atom is 0.409 e. The third-order valence-electron chi connectivity index (χ3n) is 11.7. The van der Waals surface area contributed by atoms with E-state index >= 15 is 0 Å². The number of likely N-dealkylation sites (tertiary alicyclic amines) is 2. The van der Waals surface area contributed by atoms with Crippen molar-refractivity contribution in [2.75, 3.05) is 46.1 Å². The van der Waals surface area contributed by atoms with Crippen molar-refractivity contribution in [2.45, 2.75) is 56.8 Å². The average Bonchev–Trinajstić information content (AvgIpc) is 3.64. The van der Waals surface area contributed by atoms with Crippen molar-refractivity contribution in [3.8, 4) is 22.3 Å². The number of carbonyl (C=O) groups excluding carboxylic acids is 1. The first-order chi connectivity index (χ1) is 23.7. The number of hydrogen-bond donors (Lipinski definition) is 0. The van der Waals surface area contributed by atoms with Crippen LogP contribution in [0.15, 0.2) is 97.1 Å². The lowest BCUT2D eigenvalue weighted by molar-refractivity contribution is 0.00728. The molecule has 2 heterocycles. The van der Waals surface area contributed by atoms with Crippen molar-refractivity contribution in [1.82, 2.24) is 9.80 Å². The molecule has 4 aromatic carbocycles. The Morgan fingerprint density at radius 1 is 0.562 bits per heavy atom. The largest absolute Gasteiger partial charge is 0.448 e. The number of carbonyl (C=O) groups is 1. The Kier molecular flexibility index (Phi) is 9.32. The number of ether oxygens (including phenoxy) is 2. The highest BCUT2D eigenvalue weighted by Gasteiger charge is 2.31. The molecule has 4 aliphatic rings. The Bertz CT molecular complexity index is 1630. The molecular weight excluding hydrogens is 592 g/mol. The van der Waals surface area contributed by atoms with Crippen LogP contribution in [-0.2, 0) is 9.47 Å². The van der Waals surface area contributed by atoms with Crippen molar-refractivity contribution >= 4 is 6.09 Å². The van der Waals surface area contributed by atoms with E-state index in [0.717, 1.165) is 64.2 Å². The Morgan fingerprint density at radius 3 is 1.46 bits per heavy atom. The van der Waals surface area contributed by atoms with Crippen molar-refractivity contribution in [3.05, 3.63) is 119 Å². The first kappa shape index (κ1) is 31.3. The maximum absolute atomic E-state index is 13.1. The molecule has 2 aliphatic heterocycles. The third kappa shape index (κ3) is 6.43. The van der Waals surface area contributed by atoms with Gasteiger partial charge in [0.05, 0.1) is 13.3 Å². The Morgan fingerprint density at radius 2 is 0.979 bits per heavy atom. The minimum absolute atomic E-state index is 0.117. The molecule has 0 N–H and O–H groups in total. The van der Waals surface area contributed by atoms with Crippen molar-refractivity contribution in [3.63, 3.8) is 0 Å². The van der Waals surface area contributed by atoms with E-state index in [1.54, 1.807) is 0 Å². The van der Waals surface area contributed by atoms with Crippen LogP contribution in [-0.4, -0.2) is 62.0 Å². The predicted octanol–water partition coefficient (Wildman–Crippen LogP) is 9.32. The summed E-state index contributed by atoms with van der Waals surface area (Å²) in [5.41, 5.74) is 10.6. The molecule has 2 saturated heterocycles. The van der Waals surface area contributed by atoms with E-state index in [2.05, 4.69) is 102 Å². The molecule has 0 unspecified atom stereocenters. The van der Waals surface area contributed by atoms with Gasteiger partial charge in [0, 0.05) is 38.0 Å². The summed E-state index contributed by atoms with van der Waals surface area (Å²) >= 11 is 0. The summed E-state index contributed by atoms with van der Waals surface area (Å²) in [6.45, 7) is 5.79. The van der Waals surface area contributed by atoms with Gasteiger partial charge < -0.3 is 14.4 Å². The van der Waals surface area contributed by atoms with Gasteiger partial charge in [-0.15, -0.1) is 0 Å². The van der Waals surface area contributed by atoms with Gasteiger partial charge in [-0.05, 0) is 82.0 Å². The number of fused-ring (bicyclic) bond motifs is 6. The minimum Gasteiger partial charge on any atom is -0.448 e.